The quantitative estimate of drug-likeness (QED) is 0.477. The summed E-state index contributed by atoms with van der Waals surface area (Å²) in [5.74, 6) is -0.270. The number of hydrogen-bond donors (Lipinski definition) is 0. The monoisotopic (exact) mass is 337 g/mol. The van der Waals surface area contributed by atoms with Gasteiger partial charge in [0, 0.05) is 30.2 Å². The zero-order valence-corrected chi connectivity index (χ0v) is 13.1. The minimum absolute atomic E-state index is 0.0879. The van der Waals surface area contributed by atoms with E-state index in [0.29, 0.717) is 5.58 Å². The second kappa shape index (κ2) is 6.22. The molecule has 1 aromatic heterocycles. The first-order valence-electron chi connectivity index (χ1n) is 6.52. The molecule has 0 spiro atoms. The molecule has 1 aromatic carbocycles. The van der Waals surface area contributed by atoms with E-state index in [1.165, 1.54) is 0 Å². The fourth-order valence-corrected chi connectivity index (χ4v) is 2.45. The number of fused-ring (bicyclic) bond motifs is 1. The summed E-state index contributed by atoms with van der Waals surface area (Å²) in [7, 11) is 0. The SMILES string of the molecule is CCN(CC)c1ccc2cc(C(=O)CBr)c(=O)oc2c1. The van der Waals surface area contributed by atoms with Crippen LogP contribution in [0.1, 0.15) is 24.2 Å². The van der Waals surface area contributed by atoms with Crippen molar-refractivity contribution in [2.45, 2.75) is 13.8 Å². The van der Waals surface area contributed by atoms with Crippen molar-refractivity contribution in [3.05, 3.63) is 40.2 Å². The molecule has 2 rings (SSSR count). The van der Waals surface area contributed by atoms with Crippen LogP contribution in [0.25, 0.3) is 11.0 Å². The number of anilines is 1. The Morgan fingerprint density at radius 3 is 2.55 bits per heavy atom. The number of carbonyl (C=O) groups excluding carboxylic acids is 1. The highest BCUT2D eigenvalue weighted by Gasteiger charge is 2.13. The second-order valence-corrected chi connectivity index (χ2v) is 4.96. The third-order valence-electron chi connectivity index (χ3n) is 3.27. The minimum Gasteiger partial charge on any atom is -0.422 e. The van der Waals surface area contributed by atoms with Crippen molar-refractivity contribution in [1.29, 1.82) is 0 Å². The van der Waals surface area contributed by atoms with Gasteiger partial charge in [-0.15, -0.1) is 0 Å². The molecule has 0 aliphatic carbocycles. The first kappa shape index (κ1) is 14.8. The van der Waals surface area contributed by atoms with Crippen LogP contribution in [-0.2, 0) is 0 Å². The topological polar surface area (TPSA) is 50.5 Å². The predicted molar refractivity (Wildman–Crippen MR) is 84.2 cm³/mol. The van der Waals surface area contributed by atoms with E-state index in [4.69, 9.17) is 4.42 Å². The molecule has 0 radical (unpaired) electrons. The lowest BCUT2D eigenvalue weighted by Gasteiger charge is -2.20. The summed E-state index contributed by atoms with van der Waals surface area (Å²) >= 11 is 3.06. The van der Waals surface area contributed by atoms with Crippen molar-refractivity contribution in [2.24, 2.45) is 0 Å². The fourth-order valence-electron chi connectivity index (χ4n) is 2.15. The van der Waals surface area contributed by atoms with Crippen LogP contribution in [-0.4, -0.2) is 24.2 Å². The number of halogens is 1. The lowest BCUT2D eigenvalue weighted by Crippen LogP contribution is -2.21. The average Bonchev–Trinajstić information content (AvgIpc) is 2.47. The van der Waals surface area contributed by atoms with Crippen LogP contribution < -0.4 is 10.5 Å². The number of hydrogen-bond acceptors (Lipinski definition) is 4. The Bertz CT molecular complexity index is 689. The molecular weight excluding hydrogens is 322 g/mol. The number of carbonyl (C=O) groups is 1. The van der Waals surface area contributed by atoms with E-state index in [-0.39, 0.29) is 16.7 Å². The van der Waals surface area contributed by atoms with E-state index >= 15 is 0 Å². The smallest absolute Gasteiger partial charge is 0.347 e. The summed E-state index contributed by atoms with van der Waals surface area (Å²) < 4.78 is 5.27. The zero-order valence-electron chi connectivity index (χ0n) is 11.5. The summed E-state index contributed by atoms with van der Waals surface area (Å²) in [5, 5.41) is 0.866. The van der Waals surface area contributed by atoms with E-state index in [1.54, 1.807) is 6.07 Å². The van der Waals surface area contributed by atoms with Crippen LogP contribution in [0.3, 0.4) is 0 Å². The van der Waals surface area contributed by atoms with Gasteiger partial charge in [0.1, 0.15) is 11.1 Å². The molecule has 20 heavy (non-hydrogen) atoms. The third-order valence-corrected chi connectivity index (χ3v) is 3.78. The Labute approximate surface area is 125 Å². The van der Waals surface area contributed by atoms with Crippen molar-refractivity contribution in [3.63, 3.8) is 0 Å². The molecule has 0 saturated heterocycles. The average molecular weight is 338 g/mol. The molecule has 0 aliphatic rings. The minimum atomic E-state index is -0.585. The number of nitrogens with zero attached hydrogens (tertiary/aromatic N) is 1. The highest BCUT2D eigenvalue weighted by Crippen LogP contribution is 2.22. The highest BCUT2D eigenvalue weighted by atomic mass is 79.9. The Kier molecular flexibility index (Phi) is 4.60. The maximum Gasteiger partial charge on any atom is 0.347 e. The molecule has 0 fully saturated rings. The van der Waals surface area contributed by atoms with Gasteiger partial charge < -0.3 is 9.32 Å². The molecule has 0 amide bonds. The normalized spacial score (nSPS) is 10.8. The van der Waals surface area contributed by atoms with Gasteiger partial charge in [-0.2, -0.15) is 0 Å². The highest BCUT2D eigenvalue weighted by molar-refractivity contribution is 9.09. The molecule has 0 unspecified atom stereocenters. The molecule has 5 heteroatoms. The van der Waals surface area contributed by atoms with Gasteiger partial charge in [-0.3, -0.25) is 4.79 Å². The number of benzene rings is 1. The van der Waals surface area contributed by atoms with Crippen LogP contribution in [0.4, 0.5) is 5.69 Å². The second-order valence-electron chi connectivity index (χ2n) is 4.40. The van der Waals surface area contributed by atoms with Gasteiger partial charge in [0.2, 0.25) is 0 Å². The molecule has 106 valence electrons. The number of ketones is 1. The van der Waals surface area contributed by atoms with E-state index in [0.717, 1.165) is 24.2 Å². The van der Waals surface area contributed by atoms with Gasteiger partial charge in [0.05, 0.1) is 5.33 Å². The van der Waals surface area contributed by atoms with Gasteiger partial charge >= 0.3 is 5.63 Å². The molecule has 1 heterocycles. The molecule has 0 bridgehead atoms. The van der Waals surface area contributed by atoms with Gasteiger partial charge in [-0.05, 0) is 32.0 Å². The summed E-state index contributed by atoms with van der Waals surface area (Å²) in [5.41, 5.74) is 1.01. The van der Waals surface area contributed by atoms with Crippen LogP contribution in [0, 0.1) is 0 Å². The van der Waals surface area contributed by atoms with Crippen molar-refractivity contribution in [1.82, 2.24) is 0 Å². The van der Waals surface area contributed by atoms with Gasteiger partial charge in [0.25, 0.3) is 0 Å². The lowest BCUT2D eigenvalue weighted by atomic mass is 10.1. The Morgan fingerprint density at radius 1 is 1.25 bits per heavy atom. The number of Topliss-reactive ketones (excluding diaryl/α,β-unsaturated/α-hetero) is 1. The molecule has 0 atom stereocenters. The van der Waals surface area contributed by atoms with Gasteiger partial charge in [-0.1, -0.05) is 15.9 Å². The maximum atomic E-state index is 11.8. The standard InChI is InChI=1S/C15H16BrNO3/c1-3-17(4-2)11-6-5-10-7-12(13(18)9-16)15(19)20-14(10)8-11/h5-8H,3-4,9H2,1-2H3. The summed E-state index contributed by atoms with van der Waals surface area (Å²) in [4.78, 5) is 25.6. The van der Waals surface area contributed by atoms with E-state index in [2.05, 4.69) is 34.7 Å². The first-order chi connectivity index (χ1) is 9.60. The Hall–Kier alpha value is -1.62. The fraction of sp³-hybridized carbons (Fsp3) is 0.333. The van der Waals surface area contributed by atoms with Gasteiger partial charge in [0.15, 0.2) is 5.78 Å². The van der Waals surface area contributed by atoms with E-state index in [1.807, 2.05) is 18.2 Å². The maximum absolute atomic E-state index is 11.8. The molecule has 2 aromatic rings. The van der Waals surface area contributed by atoms with Crippen LogP contribution in [0.5, 0.6) is 0 Å². The van der Waals surface area contributed by atoms with Crippen LogP contribution in [0.2, 0.25) is 0 Å². The van der Waals surface area contributed by atoms with E-state index < -0.39 is 5.63 Å². The molecule has 4 nitrogen and oxygen atoms in total. The number of rotatable bonds is 5. The van der Waals surface area contributed by atoms with Crippen molar-refractivity contribution in [2.75, 3.05) is 23.3 Å². The van der Waals surface area contributed by atoms with Crippen molar-refractivity contribution in [3.8, 4) is 0 Å². The molecule has 0 saturated carbocycles. The summed E-state index contributed by atoms with van der Waals surface area (Å²) in [6.45, 7) is 5.90. The van der Waals surface area contributed by atoms with Crippen LogP contribution in [0.15, 0.2) is 33.5 Å². The summed E-state index contributed by atoms with van der Waals surface area (Å²) in [6.07, 6.45) is 0. The van der Waals surface area contributed by atoms with Crippen molar-refractivity contribution < 1.29 is 9.21 Å². The first-order valence-corrected chi connectivity index (χ1v) is 7.64. The molecule has 0 N–H and O–H groups in total. The van der Waals surface area contributed by atoms with E-state index in [9.17, 15) is 9.59 Å². The molecular formula is C15H16BrNO3. The van der Waals surface area contributed by atoms with Crippen molar-refractivity contribution >= 4 is 38.4 Å². The Morgan fingerprint density at radius 2 is 1.95 bits per heavy atom. The molecule has 0 aliphatic heterocycles. The predicted octanol–water partition coefficient (Wildman–Crippen LogP) is 3.22. The zero-order chi connectivity index (χ0) is 14.7. The third kappa shape index (κ3) is 2.77. The Balaban J connectivity index is 2.55. The summed E-state index contributed by atoms with van der Waals surface area (Å²) in [6, 6.07) is 7.28. The largest absolute Gasteiger partial charge is 0.422 e. The lowest BCUT2D eigenvalue weighted by molar-refractivity contribution is 0.102. The van der Waals surface area contributed by atoms with Gasteiger partial charge in [-0.25, -0.2) is 4.79 Å². The number of alkyl halides is 1. The van der Waals surface area contributed by atoms with Crippen LogP contribution >= 0.6 is 15.9 Å².